The Labute approximate surface area is 130 Å². The van der Waals surface area contributed by atoms with Crippen LogP contribution in [0.25, 0.3) is 0 Å². The minimum atomic E-state index is 0.333. The number of unbranched alkanes of at least 4 members (excludes halogenated alkanes) is 6. The van der Waals surface area contributed by atoms with Crippen LogP contribution >= 0.6 is 32.9 Å². The van der Waals surface area contributed by atoms with Crippen LogP contribution in [0.2, 0.25) is 0 Å². The van der Waals surface area contributed by atoms with E-state index in [0.717, 1.165) is 4.34 Å². The fourth-order valence-corrected chi connectivity index (χ4v) is 4.97. The zero-order chi connectivity index (χ0) is 14.0. The highest BCUT2D eigenvalue weighted by atomic mass is 33.1. The Morgan fingerprint density at radius 3 is 2.42 bits per heavy atom. The minimum Gasteiger partial charge on any atom is -0.146 e. The largest absolute Gasteiger partial charge is 0.184 e. The first kappa shape index (κ1) is 17.3. The molecule has 1 aromatic rings. The van der Waals surface area contributed by atoms with Crippen molar-refractivity contribution in [3.8, 4) is 0 Å². The van der Waals surface area contributed by atoms with E-state index >= 15 is 0 Å². The molecule has 0 unspecified atom stereocenters. The predicted molar refractivity (Wildman–Crippen MR) is 90.0 cm³/mol. The molecule has 0 amide bonds. The van der Waals surface area contributed by atoms with Gasteiger partial charge in [-0.25, -0.2) is 0 Å². The highest BCUT2D eigenvalue weighted by molar-refractivity contribution is 8.77. The number of rotatable bonds is 11. The van der Waals surface area contributed by atoms with Gasteiger partial charge >= 0.3 is 0 Å². The molecule has 0 bridgehead atoms. The quantitative estimate of drug-likeness (QED) is 0.358. The van der Waals surface area contributed by atoms with E-state index in [4.69, 9.17) is 0 Å². The second-order valence-corrected chi connectivity index (χ2v) is 9.42. The van der Waals surface area contributed by atoms with Gasteiger partial charge < -0.3 is 0 Å². The van der Waals surface area contributed by atoms with Gasteiger partial charge in [-0.2, -0.15) is 0 Å². The third kappa shape index (κ3) is 8.92. The molecule has 110 valence electrons. The summed E-state index contributed by atoms with van der Waals surface area (Å²) in [6.07, 6.45) is 11.0. The highest BCUT2D eigenvalue weighted by Gasteiger charge is 2.19. The Bertz CT molecular complexity index is 313. The lowest BCUT2D eigenvalue weighted by atomic mass is 10.0. The van der Waals surface area contributed by atoms with Gasteiger partial charge in [-0.15, -0.1) is 10.2 Å². The van der Waals surface area contributed by atoms with Gasteiger partial charge in [0, 0.05) is 4.75 Å². The molecule has 0 fully saturated rings. The molecule has 0 atom stereocenters. The van der Waals surface area contributed by atoms with Crippen molar-refractivity contribution in [1.82, 2.24) is 10.2 Å². The topological polar surface area (TPSA) is 25.8 Å². The van der Waals surface area contributed by atoms with Gasteiger partial charge in [-0.3, -0.25) is 0 Å². The third-order valence-electron chi connectivity index (χ3n) is 3.06. The molecule has 0 aromatic carbocycles. The number of hydrogen-bond acceptors (Lipinski definition) is 5. The second kappa shape index (κ2) is 10.1. The first-order valence-corrected chi connectivity index (χ1v) is 10.3. The number of hydrogen-bond donors (Lipinski definition) is 0. The molecule has 1 aromatic heterocycles. The van der Waals surface area contributed by atoms with Gasteiger partial charge in [-0.1, -0.05) is 74.0 Å². The summed E-state index contributed by atoms with van der Waals surface area (Å²) in [7, 11) is 3.70. The van der Waals surface area contributed by atoms with E-state index in [2.05, 4.69) is 31.0 Å². The van der Waals surface area contributed by atoms with Crippen LogP contribution in [0.1, 0.15) is 72.1 Å². The number of aromatic nitrogens is 2. The van der Waals surface area contributed by atoms with E-state index in [1.165, 1.54) is 51.4 Å². The fourth-order valence-electron chi connectivity index (χ4n) is 1.90. The third-order valence-corrected chi connectivity index (χ3v) is 7.44. The Morgan fingerprint density at radius 1 is 1.11 bits per heavy atom. The standard InChI is InChI=1S/C14H26N2S3/c1-4-5-6-7-8-9-10-11-14(2,3)19-18-13-16-15-12-17-13/h12H,4-11H2,1-3H3. The maximum atomic E-state index is 4.07. The molecular weight excluding hydrogens is 292 g/mol. The van der Waals surface area contributed by atoms with Gasteiger partial charge in [0.15, 0.2) is 4.34 Å². The van der Waals surface area contributed by atoms with Gasteiger partial charge in [0.2, 0.25) is 0 Å². The van der Waals surface area contributed by atoms with E-state index in [0.29, 0.717) is 4.75 Å². The predicted octanol–water partition coefficient (Wildman–Crippen LogP) is 6.20. The average molecular weight is 319 g/mol. The van der Waals surface area contributed by atoms with E-state index < -0.39 is 0 Å². The van der Waals surface area contributed by atoms with Crippen molar-refractivity contribution in [2.45, 2.75) is 81.2 Å². The lowest BCUT2D eigenvalue weighted by molar-refractivity contribution is 0.538. The van der Waals surface area contributed by atoms with Crippen LogP contribution in [-0.2, 0) is 0 Å². The van der Waals surface area contributed by atoms with Crippen molar-refractivity contribution in [3.63, 3.8) is 0 Å². The summed E-state index contributed by atoms with van der Waals surface area (Å²) >= 11 is 1.62. The first-order valence-electron chi connectivity index (χ1n) is 7.26. The molecule has 5 heteroatoms. The van der Waals surface area contributed by atoms with Crippen LogP contribution in [0, 0.1) is 0 Å². The van der Waals surface area contributed by atoms with Crippen molar-refractivity contribution >= 4 is 32.9 Å². The van der Waals surface area contributed by atoms with Crippen molar-refractivity contribution in [2.75, 3.05) is 0 Å². The molecule has 2 nitrogen and oxygen atoms in total. The second-order valence-electron chi connectivity index (χ2n) is 5.50. The molecule has 0 spiro atoms. The lowest BCUT2D eigenvalue weighted by Crippen LogP contribution is -2.12. The smallest absolute Gasteiger partial charge is 0.146 e. The fraction of sp³-hybridized carbons (Fsp3) is 0.857. The summed E-state index contributed by atoms with van der Waals surface area (Å²) in [5.41, 5.74) is 1.80. The molecule has 1 heterocycles. The van der Waals surface area contributed by atoms with Crippen molar-refractivity contribution in [1.29, 1.82) is 0 Å². The highest BCUT2D eigenvalue weighted by Crippen LogP contribution is 2.43. The average Bonchev–Trinajstić information content (AvgIpc) is 2.89. The summed E-state index contributed by atoms with van der Waals surface area (Å²) in [6, 6.07) is 0. The summed E-state index contributed by atoms with van der Waals surface area (Å²) in [6.45, 7) is 6.95. The Kier molecular flexibility index (Phi) is 9.16. The normalized spacial score (nSPS) is 11.9. The summed E-state index contributed by atoms with van der Waals surface area (Å²) in [5, 5.41) is 7.94. The van der Waals surface area contributed by atoms with Crippen LogP contribution in [-0.4, -0.2) is 14.9 Å². The maximum absolute atomic E-state index is 4.07. The van der Waals surface area contributed by atoms with E-state index in [9.17, 15) is 0 Å². The van der Waals surface area contributed by atoms with Gasteiger partial charge in [0.25, 0.3) is 0 Å². The van der Waals surface area contributed by atoms with Crippen molar-refractivity contribution in [2.24, 2.45) is 0 Å². The molecule has 0 saturated carbocycles. The Balaban J connectivity index is 2.03. The molecule has 0 aliphatic heterocycles. The van der Waals surface area contributed by atoms with Crippen LogP contribution < -0.4 is 0 Å². The van der Waals surface area contributed by atoms with Gasteiger partial charge in [0.1, 0.15) is 5.51 Å². The van der Waals surface area contributed by atoms with Crippen LogP contribution in [0.4, 0.5) is 0 Å². The molecular formula is C14H26N2S3. The van der Waals surface area contributed by atoms with Crippen molar-refractivity contribution < 1.29 is 0 Å². The molecule has 0 saturated heterocycles. The number of nitrogens with zero attached hydrogens (tertiary/aromatic N) is 2. The summed E-state index contributed by atoms with van der Waals surface area (Å²) in [4.78, 5) is 0. The molecule has 0 aliphatic rings. The Hall–Kier alpha value is 0.260. The molecule has 0 N–H and O–H groups in total. The molecule has 19 heavy (non-hydrogen) atoms. The monoisotopic (exact) mass is 318 g/mol. The summed E-state index contributed by atoms with van der Waals surface area (Å²) in [5.74, 6) is 0. The van der Waals surface area contributed by atoms with Crippen LogP contribution in [0.3, 0.4) is 0 Å². The van der Waals surface area contributed by atoms with E-state index in [-0.39, 0.29) is 0 Å². The zero-order valence-corrected chi connectivity index (χ0v) is 14.8. The summed E-state index contributed by atoms with van der Waals surface area (Å²) < 4.78 is 1.40. The van der Waals surface area contributed by atoms with Crippen molar-refractivity contribution in [3.05, 3.63) is 5.51 Å². The Morgan fingerprint density at radius 2 is 1.79 bits per heavy atom. The molecule has 0 aliphatic carbocycles. The maximum Gasteiger partial charge on any atom is 0.184 e. The lowest BCUT2D eigenvalue weighted by Gasteiger charge is -2.22. The van der Waals surface area contributed by atoms with Gasteiger partial charge in [0.05, 0.1) is 0 Å². The van der Waals surface area contributed by atoms with E-state index in [1.54, 1.807) is 27.6 Å². The van der Waals surface area contributed by atoms with Gasteiger partial charge in [-0.05, 0) is 31.1 Å². The minimum absolute atomic E-state index is 0.333. The molecule has 0 radical (unpaired) electrons. The SMILES string of the molecule is CCCCCCCCCC(C)(C)SSc1nncs1. The van der Waals surface area contributed by atoms with Crippen LogP contribution in [0.5, 0.6) is 0 Å². The van der Waals surface area contributed by atoms with E-state index in [1.807, 2.05) is 10.8 Å². The zero-order valence-electron chi connectivity index (χ0n) is 12.4. The first-order chi connectivity index (χ1) is 9.14. The van der Waals surface area contributed by atoms with Crippen LogP contribution in [0.15, 0.2) is 9.85 Å². The molecule has 1 rings (SSSR count).